The summed E-state index contributed by atoms with van der Waals surface area (Å²) in [6, 6.07) is 14.9. The Hall–Kier alpha value is -1.38. The highest BCUT2D eigenvalue weighted by Gasteiger charge is 2.33. The van der Waals surface area contributed by atoms with Crippen molar-refractivity contribution in [1.82, 2.24) is 10.3 Å². The minimum absolute atomic E-state index is 0.248. The van der Waals surface area contributed by atoms with Gasteiger partial charge in [-0.1, -0.05) is 29.8 Å². The molecule has 0 spiro atoms. The summed E-state index contributed by atoms with van der Waals surface area (Å²) >= 11 is 5.98. The van der Waals surface area contributed by atoms with E-state index in [4.69, 9.17) is 11.6 Å². The monoisotopic (exact) mass is 286 g/mol. The van der Waals surface area contributed by atoms with Crippen molar-refractivity contribution in [2.75, 3.05) is 0 Å². The quantitative estimate of drug-likeness (QED) is 0.873. The lowest BCUT2D eigenvalue weighted by molar-refractivity contribution is 0.422. The molecule has 3 heteroatoms. The Balaban J connectivity index is 1.76. The van der Waals surface area contributed by atoms with Gasteiger partial charge in [0.15, 0.2) is 0 Å². The van der Waals surface area contributed by atoms with Crippen LogP contribution in [0.1, 0.15) is 43.1 Å². The van der Waals surface area contributed by atoms with Crippen molar-refractivity contribution in [3.05, 3.63) is 64.9 Å². The Labute approximate surface area is 125 Å². The van der Waals surface area contributed by atoms with Crippen molar-refractivity contribution >= 4 is 11.6 Å². The first-order valence-electron chi connectivity index (χ1n) is 7.16. The molecule has 20 heavy (non-hydrogen) atoms. The van der Waals surface area contributed by atoms with Crippen molar-refractivity contribution in [2.24, 2.45) is 5.92 Å². The zero-order valence-corrected chi connectivity index (χ0v) is 12.3. The predicted molar refractivity (Wildman–Crippen MR) is 82.7 cm³/mol. The summed E-state index contributed by atoms with van der Waals surface area (Å²) in [5.74, 6) is 0.738. The molecule has 0 amide bonds. The van der Waals surface area contributed by atoms with Crippen molar-refractivity contribution < 1.29 is 0 Å². The van der Waals surface area contributed by atoms with E-state index in [0.717, 1.165) is 16.6 Å². The standard InChI is InChI=1S/C17H19ClN2/c1-12(16-4-2-3-11-19-16)20-17(13-5-6-13)14-7-9-15(18)10-8-14/h2-4,7-13,17,20H,5-6H2,1H3/t12-,17?/m1/s1. The van der Waals surface area contributed by atoms with Gasteiger partial charge in [0, 0.05) is 23.3 Å². The fourth-order valence-electron chi connectivity index (χ4n) is 2.59. The fourth-order valence-corrected chi connectivity index (χ4v) is 2.72. The molecule has 1 aromatic carbocycles. The number of aromatic nitrogens is 1. The lowest BCUT2D eigenvalue weighted by Crippen LogP contribution is -2.26. The van der Waals surface area contributed by atoms with Gasteiger partial charge in [-0.15, -0.1) is 0 Å². The first-order chi connectivity index (χ1) is 9.74. The number of nitrogens with zero attached hydrogens (tertiary/aromatic N) is 1. The van der Waals surface area contributed by atoms with Gasteiger partial charge in [0.05, 0.1) is 5.69 Å². The molecule has 3 rings (SSSR count). The molecule has 1 saturated carbocycles. The van der Waals surface area contributed by atoms with Crippen LogP contribution >= 0.6 is 11.6 Å². The van der Waals surface area contributed by atoms with Crippen LogP contribution in [0.4, 0.5) is 0 Å². The molecule has 2 nitrogen and oxygen atoms in total. The lowest BCUT2D eigenvalue weighted by atomic mass is 10.0. The maximum absolute atomic E-state index is 5.98. The molecule has 0 saturated heterocycles. The first-order valence-corrected chi connectivity index (χ1v) is 7.54. The molecule has 1 fully saturated rings. The third-order valence-corrected chi connectivity index (χ3v) is 4.14. The van der Waals surface area contributed by atoms with Crippen molar-refractivity contribution in [2.45, 2.75) is 31.8 Å². The minimum Gasteiger partial charge on any atom is -0.302 e. The molecule has 1 unspecified atom stereocenters. The highest BCUT2D eigenvalue weighted by Crippen LogP contribution is 2.42. The zero-order valence-electron chi connectivity index (χ0n) is 11.6. The van der Waals surface area contributed by atoms with Crippen LogP contribution in [0.15, 0.2) is 48.7 Å². The van der Waals surface area contributed by atoms with Gasteiger partial charge in [-0.2, -0.15) is 0 Å². The Morgan fingerprint density at radius 1 is 1.15 bits per heavy atom. The summed E-state index contributed by atoms with van der Waals surface area (Å²) in [7, 11) is 0. The Morgan fingerprint density at radius 3 is 2.50 bits per heavy atom. The maximum Gasteiger partial charge on any atom is 0.0570 e. The largest absolute Gasteiger partial charge is 0.302 e. The molecule has 1 aliphatic carbocycles. The molecular formula is C17H19ClN2. The number of benzene rings is 1. The summed E-state index contributed by atoms with van der Waals surface area (Å²) in [5, 5.41) is 4.52. The second-order valence-electron chi connectivity index (χ2n) is 5.51. The average Bonchev–Trinajstić information content (AvgIpc) is 3.31. The van der Waals surface area contributed by atoms with E-state index in [9.17, 15) is 0 Å². The summed E-state index contributed by atoms with van der Waals surface area (Å²) in [4.78, 5) is 4.44. The Bertz CT molecular complexity index is 549. The van der Waals surface area contributed by atoms with E-state index >= 15 is 0 Å². The van der Waals surface area contributed by atoms with E-state index < -0.39 is 0 Å². The van der Waals surface area contributed by atoms with Crippen LogP contribution in [0, 0.1) is 5.92 Å². The summed E-state index contributed by atoms with van der Waals surface area (Å²) in [6.07, 6.45) is 4.45. The number of hydrogen-bond acceptors (Lipinski definition) is 2. The third-order valence-electron chi connectivity index (χ3n) is 3.88. The Kier molecular flexibility index (Phi) is 4.04. The van der Waals surface area contributed by atoms with Gasteiger partial charge >= 0.3 is 0 Å². The lowest BCUT2D eigenvalue weighted by Gasteiger charge is -2.23. The molecule has 0 aliphatic heterocycles. The average molecular weight is 287 g/mol. The normalized spacial score (nSPS) is 17.7. The molecule has 1 aromatic heterocycles. The summed E-state index contributed by atoms with van der Waals surface area (Å²) < 4.78 is 0. The number of nitrogens with one attached hydrogen (secondary N) is 1. The Morgan fingerprint density at radius 2 is 1.90 bits per heavy atom. The second-order valence-corrected chi connectivity index (χ2v) is 5.95. The van der Waals surface area contributed by atoms with Crippen LogP contribution in [0.3, 0.4) is 0 Å². The van der Waals surface area contributed by atoms with Crippen LogP contribution in [-0.2, 0) is 0 Å². The topological polar surface area (TPSA) is 24.9 Å². The van der Waals surface area contributed by atoms with Gasteiger partial charge in [0.2, 0.25) is 0 Å². The number of hydrogen-bond donors (Lipinski definition) is 1. The molecule has 1 N–H and O–H groups in total. The van der Waals surface area contributed by atoms with E-state index in [2.05, 4.69) is 35.4 Å². The molecule has 2 aromatic rings. The van der Waals surface area contributed by atoms with Crippen molar-refractivity contribution in [1.29, 1.82) is 0 Å². The van der Waals surface area contributed by atoms with E-state index in [1.807, 2.05) is 30.5 Å². The van der Waals surface area contributed by atoms with Crippen LogP contribution in [0.5, 0.6) is 0 Å². The first kappa shape index (κ1) is 13.6. The van der Waals surface area contributed by atoms with E-state index in [0.29, 0.717) is 6.04 Å². The van der Waals surface area contributed by atoms with Gasteiger partial charge in [-0.05, 0) is 55.5 Å². The number of rotatable bonds is 5. The maximum atomic E-state index is 5.98. The summed E-state index contributed by atoms with van der Waals surface area (Å²) in [5.41, 5.74) is 2.41. The smallest absolute Gasteiger partial charge is 0.0570 e. The van der Waals surface area contributed by atoms with Gasteiger partial charge in [0.25, 0.3) is 0 Å². The number of halogens is 1. The number of pyridine rings is 1. The van der Waals surface area contributed by atoms with E-state index in [1.165, 1.54) is 18.4 Å². The zero-order chi connectivity index (χ0) is 13.9. The predicted octanol–water partition coefficient (Wildman–Crippen LogP) is 4.54. The van der Waals surface area contributed by atoms with E-state index in [-0.39, 0.29) is 6.04 Å². The SMILES string of the molecule is C[C@@H](NC(c1ccc(Cl)cc1)C1CC1)c1ccccn1. The van der Waals surface area contributed by atoms with Gasteiger partial charge in [-0.3, -0.25) is 4.98 Å². The molecule has 1 aliphatic rings. The van der Waals surface area contributed by atoms with Crippen molar-refractivity contribution in [3.63, 3.8) is 0 Å². The van der Waals surface area contributed by atoms with Gasteiger partial charge < -0.3 is 5.32 Å². The molecule has 0 bridgehead atoms. The molecular weight excluding hydrogens is 268 g/mol. The summed E-state index contributed by atoms with van der Waals surface area (Å²) in [6.45, 7) is 2.17. The van der Waals surface area contributed by atoms with Gasteiger partial charge in [0.1, 0.15) is 0 Å². The molecule has 1 heterocycles. The fraction of sp³-hybridized carbons (Fsp3) is 0.353. The molecule has 0 radical (unpaired) electrons. The molecule has 2 atom stereocenters. The van der Waals surface area contributed by atoms with Gasteiger partial charge in [-0.25, -0.2) is 0 Å². The highest BCUT2D eigenvalue weighted by atomic mass is 35.5. The minimum atomic E-state index is 0.248. The van der Waals surface area contributed by atoms with Crippen LogP contribution in [0.2, 0.25) is 5.02 Å². The van der Waals surface area contributed by atoms with Crippen LogP contribution < -0.4 is 5.32 Å². The van der Waals surface area contributed by atoms with E-state index in [1.54, 1.807) is 0 Å². The second kappa shape index (κ2) is 5.94. The van der Waals surface area contributed by atoms with Crippen LogP contribution in [0.25, 0.3) is 0 Å². The van der Waals surface area contributed by atoms with Crippen molar-refractivity contribution in [3.8, 4) is 0 Å². The highest BCUT2D eigenvalue weighted by molar-refractivity contribution is 6.30. The molecule has 104 valence electrons. The third kappa shape index (κ3) is 3.20. The van der Waals surface area contributed by atoms with Crippen LogP contribution in [-0.4, -0.2) is 4.98 Å².